The Hall–Kier alpha value is -3.42. The standard InChI is InChI=1S/C18H16N4O4/c1-11-20-21-17(24-11)12-7-15(10-19-9-12)25-16-8-18(2,26-22-16)13-3-5-14(23)6-4-13/h3-7,9-10,23H,8H2,1-2H3/t18-/m1/s1. The van der Waals surface area contributed by atoms with Crippen LogP contribution >= 0.6 is 0 Å². The molecule has 26 heavy (non-hydrogen) atoms. The maximum atomic E-state index is 9.43. The predicted octanol–water partition coefficient (Wildman–Crippen LogP) is 3.17. The van der Waals surface area contributed by atoms with Gasteiger partial charge in [0.1, 0.15) is 11.5 Å². The molecule has 132 valence electrons. The van der Waals surface area contributed by atoms with Crippen molar-refractivity contribution >= 4 is 5.90 Å². The summed E-state index contributed by atoms with van der Waals surface area (Å²) < 4.78 is 11.2. The van der Waals surface area contributed by atoms with Crippen LogP contribution in [0.15, 0.2) is 52.3 Å². The van der Waals surface area contributed by atoms with Crippen molar-refractivity contribution in [2.45, 2.75) is 25.9 Å². The van der Waals surface area contributed by atoms with E-state index >= 15 is 0 Å². The van der Waals surface area contributed by atoms with Gasteiger partial charge < -0.3 is 19.1 Å². The lowest BCUT2D eigenvalue weighted by Crippen LogP contribution is -2.23. The van der Waals surface area contributed by atoms with Crippen LogP contribution in [0.5, 0.6) is 11.5 Å². The molecule has 1 N–H and O–H groups in total. The van der Waals surface area contributed by atoms with Crippen LogP contribution in [0.25, 0.3) is 11.5 Å². The third kappa shape index (κ3) is 3.08. The van der Waals surface area contributed by atoms with Crippen molar-refractivity contribution in [2.75, 3.05) is 0 Å². The molecular weight excluding hydrogens is 336 g/mol. The van der Waals surface area contributed by atoms with E-state index in [1.165, 1.54) is 0 Å². The molecule has 0 amide bonds. The van der Waals surface area contributed by atoms with E-state index in [0.29, 0.717) is 35.4 Å². The Morgan fingerprint density at radius 2 is 1.96 bits per heavy atom. The first kappa shape index (κ1) is 16.1. The van der Waals surface area contributed by atoms with E-state index in [2.05, 4.69) is 20.3 Å². The summed E-state index contributed by atoms with van der Waals surface area (Å²) >= 11 is 0. The number of rotatable bonds is 3. The van der Waals surface area contributed by atoms with Crippen molar-refractivity contribution < 1.29 is 19.1 Å². The summed E-state index contributed by atoms with van der Waals surface area (Å²) in [7, 11) is 0. The summed E-state index contributed by atoms with van der Waals surface area (Å²) in [5.41, 5.74) is 0.896. The Morgan fingerprint density at radius 1 is 1.15 bits per heavy atom. The Morgan fingerprint density at radius 3 is 2.69 bits per heavy atom. The van der Waals surface area contributed by atoms with Gasteiger partial charge in [0.25, 0.3) is 0 Å². The summed E-state index contributed by atoms with van der Waals surface area (Å²) in [5, 5.41) is 21.3. The number of phenols is 1. The number of phenolic OH excluding ortho intramolecular Hbond substituents is 1. The summed E-state index contributed by atoms with van der Waals surface area (Å²) in [6.45, 7) is 3.63. The number of aromatic nitrogens is 3. The molecule has 1 aromatic carbocycles. The normalized spacial score (nSPS) is 19.1. The summed E-state index contributed by atoms with van der Waals surface area (Å²) in [4.78, 5) is 9.73. The Balaban J connectivity index is 1.49. The summed E-state index contributed by atoms with van der Waals surface area (Å²) in [5.74, 6) is 1.98. The van der Waals surface area contributed by atoms with Crippen molar-refractivity contribution in [3.05, 3.63) is 54.2 Å². The molecule has 0 saturated heterocycles. The highest BCUT2D eigenvalue weighted by Crippen LogP contribution is 2.35. The van der Waals surface area contributed by atoms with Gasteiger partial charge in [-0.05, 0) is 30.7 Å². The molecular formula is C18H16N4O4. The summed E-state index contributed by atoms with van der Waals surface area (Å²) in [6.07, 6.45) is 3.64. The van der Waals surface area contributed by atoms with Gasteiger partial charge in [-0.25, -0.2) is 0 Å². The maximum absolute atomic E-state index is 9.43. The lowest BCUT2D eigenvalue weighted by atomic mass is 9.93. The second kappa shape index (κ2) is 6.14. The summed E-state index contributed by atoms with van der Waals surface area (Å²) in [6, 6.07) is 8.57. The minimum absolute atomic E-state index is 0.201. The van der Waals surface area contributed by atoms with Crippen molar-refractivity contribution in [3.8, 4) is 23.0 Å². The van der Waals surface area contributed by atoms with Crippen LogP contribution < -0.4 is 4.74 Å². The second-order valence-corrected chi connectivity index (χ2v) is 6.17. The van der Waals surface area contributed by atoms with Gasteiger partial charge in [0.15, 0.2) is 5.60 Å². The Kier molecular flexibility index (Phi) is 3.80. The van der Waals surface area contributed by atoms with Crippen LogP contribution in [0, 0.1) is 6.92 Å². The molecule has 1 atom stereocenters. The molecule has 3 heterocycles. The molecule has 0 bridgehead atoms. The van der Waals surface area contributed by atoms with Crippen LogP contribution in [0.4, 0.5) is 0 Å². The van der Waals surface area contributed by atoms with Gasteiger partial charge in [-0.1, -0.05) is 17.3 Å². The quantitative estimate of drug-likeness (QED) is 0.772. The van der Waals surface area contributed by atoms with Crippen LogP contribution in [0.3, 0.4) is 0 Å². The van der Waals surface area contributed by atoms with Crippen molar-refractivity contribution in [1.82, 2.24) is 15.2 Å². The fourth-order valence-corrected chi connectivity index (χ4v) is 2.67. The number of nitrogens with zero attached hydrogens (tertiary/aromatic N) is 4. The van der Waals surface area contributed by atoms with Gasteiger partial charge >= 0.3 is 0 Å². The molecule has 1 aliphatic rings. The molecule has 1 aliphatic heterocycles. The predicted molar refractivity (Wildman–Crippen MR) is 91.5 cm³/mol. The van der Waals surface area contributed by atoms with Crippen molar-refractivity contribution in [3.63, 3.8) is 0 Å². The lowest BCUT2D eigenvalue weighted by Gasteiger charge is -2.21. The number of aryl methyl sites for hydroxylation is 1. The van der Waals surface area contributed by atoms with E-state index in [0.717, 1.165) is 5.56 Å². The molecule has 2 aromatic heterocycles. The molecule has 4 rings (SSSR count). The van der Waals surface area contributed by atoms with E-state index in [1.54, 1.807) is 49.6 Å². The highest BCUT2D eigenvalue weighted by molar-refractivity contribution is 5.80. The number of oxime groups is 1. The van der Waals surface area contributed by atoms with E-state index < -0.39 is 5.60 Å². The molecule has 0 aliphatic carbocycles. The van der Waals surface area contributed by atoms with Gasteiger partial charge in [-0.3, -0.25) is 4.98 Å². The van der Waals surface area contributed by atoms with Gasteiger partial charge in [0.2, 0.25) is 17.7 Å². The van der Waals surface area contributed by atoms with Crippen molar-refractivity contribution in [2.24, 2.45) is 5.16 Å². The highest BCUT2D eigenvalue weighted by atomic mass is 16.7. The molecule has 0 spiro atoms. The van der Waals surface area contributed by atoms with E-state index in [1.807, 2.05) is 6.92 Å². The molecule has 0 fully saturated rings. The van der Waals surface area contributed by atoms with Crippen LogP contribution in [-0.4, -0.2) is 26.2 Å². The fraction of sp³-hybridized carbons (Fsp3) is 0.222. The molecule has 0 saturated carbocycles. The Bertz CT molecular complexity index is 967. The van der Waals surface area contributed by atoms with E-state index in [4.69, 9.17) is 14.0 Å². The van der Waals surface area contributed by atoms with Gasteiger partial charge in [-0.2, -0.15) is 0 Å². The zero-order valence-electron chi connectivity index (χ0n) is 14.2. The van der Waals surface area contributed by atoms with Gasteiger partial charge in [0, 0.05) is 13.1 Å². The van der Waals surface area contributed by atoms with E-state index in [-0.39, 0.29) is 5.75 Å². The SMILES string of the molecule is Cc1nnc(-c2cncc(OC3=NO[C@@](C)(c4ccc(O)cc4)C3)c2)o1. The van der Waals surface area contributed by atoms with Gasteiger partial charge in [0.05, 0.1) is 18.2 Å². The zero-order chi connectivity index (χ0) is 18.1. The highest BCUT2D eigenvalue weighted by Gasteiger charge is 2.37. The molecule has 3 aromatic rings. The lowest BCUT2D eigenvalue weighted by molar-refractivity contribution is -0.00742. The third-order valence-electron chi connectivity index (χ3n) is 4.04. The molecule has 8 nitrogen and oxygen atoms in total. The molecule has 8 heteroatoms. The average Bonchev–Trinajstić information content (AvgIpc) is 3.23. The number of aromatic hydroxyl groups is 1. The topological polar surface area (TPSA) is 103 Å². The number of hydrogen-bond donors (Lipinski definition) is 1. The Labute approximate surface area is 149 Å². The largest absolute Gasteiger partial charge is 0.508 e. The number of benzene rings is 1. The van der Waals surface area contributed by atoms with Crippen LogP contribution in [0.1, 0.15) is 24.8 Å². The number of ether oxygens (including phenoxy) is 1. The van der Waals surface area contributed by atoms with Gasteiger partial charge in [-0.15, -0.1) is 10.2 Å². The minimum atomic E-state index is -0.655. The number of hydrogen-bond acceptors (Lipinski definition) is 8. The number of pyridine rings is 1. The first-order valence-electron chi connectivity index (χ1n) is 8.00. The minimum Gasteiger partial charge on any atom is -0.508 e. The first-order chi connectivity index (χ1) is 12.5. The van der Waals surface area contributed by atoms with Crippen molar-refractivity contribution in [1.29, 1.82) is 0 Å². The monoisotopic (exact) mass is 352 g/mol. The zero-order valence-corrected chi connectivity index (χ0v) is 14.2. The second-order valence-electron chi connectivity index (χ2n) is 6.17. The average molecular weight is 352 g/mol. The first-order valence-corrected chi connectivity index (χ1v) is 8.00. The molecule has 0 radical (unpaired) electrons. The van der Waals surface area contributed by atoms with Crippen LogP contribution in [-0.2, 0) is 10.4 Å². The van der Waals surface area contributed by atoms with Crippen LogP contribution in [0.2, 0.25) is 0 Å². The van der Waals surface area contributed by atoms with E-state index in [9.17, 15) is 5.11 Å². The molecule has 0 unspecified atom stereocenters. The third-order valence-corrected chi connectivity index (χ3v) is 4.04. The maximum Gasteiger partial charge on any atom is 0.249 e. The smallest absolute Gasteiger partial charge is 0.249 e. The fourth-order valence-electron chi connectivity index (χ4n) is 2.67.